The van der Waals surface area contributed by atoms with E-state index < -0.39 is 0 Å². The molecule has 2 atom stereocenters. The van der Waals surface area contributed by atoms with Gasteiger partial charge in [-0.15, -0.1) is 0 Å². The predicted molar refractivity (Wildman–Crippen MR) is 88.0 cm³/mol. The van der Waals surface area contributed by atoms with Gasteiger partial charge in [0, 0.05) is 5.56 Å². The predicted octanol–water partition coefficient (Wildman–Crippen LogP) is 2.86. The van der Waals surface area contributed by atoms with Gasteiger partial charge in [0.2, 0.25) is 5.91 Å². The molecule has 0 unspecified atom stereocenters. The molecule has 2 aliphatic heterocycles. The van der Waals surface area contributed by atoms with E-state index in [1.54, 1.807) is 14.2 Å². The molecule has 0 bridgehead atoms. The normalized spacial score (nSPS) is 22.1. The molecule has 1 amide bonds. The summed E-state index contributed by atoms with van der Waals surface area (Å²) in [5.74, 6) is 1.36. The molecule has 1 fully saturated rings. The third-order valence-electron chi connectivity index (χ3n) is 4.73. The van der Waals surface area contributed by atoms with E-state index in [0.29, 0.717) is 24.5 Å². The fourth-order valence-electron chi connectivity index (χ4n) is 3.56. The Kier molecular flexibility index (Phi) is 3.65. The second-order valence-corrected chi connectivity index (χ2v) is 6.00. The van der Waals surface area contributed by atoms with Gasteiger partial charge in [-0.3, -0.25) is 4.79 Å². The second kappa shape index (κ2) is 5.83. The fraction of sp³-hybridized carbons (Fsp3) is 0.316. The SMILES string of the molecule is COc1cc2c(cc1OC)[C@H]1OC[C@@H](c3ccccc3)N1C(=O)C2. The summed E-state index contributed by atoms with van der Waals surface area (Å²) in [6.07, 6.45) is -0.0231. The number of benzene rings is 2. The van der Waals surface area contributed by atoms with Crippen LogP contribution in [0, 0.1) is 0 Å². The van der Waals surface area contributed by atoms with E-state index >= 15 is 0 Å². The van der Waals surface area contributed by atoms with Crippen LogP contribution in [0.15, 0.2) is 42.5 Å². The molecule has 2 aromatic rings. The molecular weight excluding hydrogens is 306 g/mol. The lowest BCUT2D eigenvalue weighted by Crippen LogP contribution is -2.38. The van der Waals surface area contributed by atoms with Crippen LogP contribution in [0.4, 0.5) is 0 Å². The van der Waals surface area contributed by atoms with Crippen molar-refractivity contribution in [3.05, 3.63) is 59.2 Å². The molecule has 124 valence electrons. The van der Waals surface area contributed by atoms with Crippen molar-refractivity contribution in [2.24, 2.45) is 0 Å². The largest absolute Gasteiger partial charge is 0.493 e. The lowest BCUT2D eigenvalue weighted by Gasteiger charge is -2.34. The van der Waals surface area contributed by atoms with E-state index in [9.17, 15) is 4.79 Å². The van der Waals surface area contributed by atoms with Gasteiger partial charge in [0.25, 0.3) is 0 Å². The first kappa shape index (κ1) is 15.0. The molecule has 0 saturated carbocycles. The molecule has 24 heavy (non-hydrogen) atoms. The zero-order valence-electron chi connectivity index (χ0n) is 13.7. The lowest BCUT2D eigenvalue weighted by molar-refractivity contribution is -0.139. The van der Waals surface area contributed by atoms with Crippen molar-refractivity contribution in [1.29, 1.82) is 0 Å². The maximum atomic E-state index is 12.8. The Morgan fingerprint density at radius 1 is 1.08 bits per heavy atom. The molecule has 0 spiro atoms. The van der Waals surface area contributed by atoms with E-state index in [2.05, 4.69) is 0 Å². The number of rotatable bonds is 3. The van der Waals surface area contributed by atoms with Crippen LogP contribution >= 0.6 is 0 Å². The Hall–Kier alpha value is -2.53. The number of hydrogen-bond donors (Lipinski definition) is 0. The first-order valence-electron chi connectivity index (χ1n) is 7.95. The topological polar surface area (TPSA) is 48.0 Å². The molecule has 1 saturated heterocycles. The van der Waals surface area contributed by atoms with Crippen LogP contribution in [0.25, 0.3) is 0 Å². The number of hydrogen-bond acceptors (Lipinski definition) is 4. The monoisotopic (exact) mass is 325 g/mol. The van der Waals surface area contributed by atoms with E-state index in [1.807, 2.05) is 47.4 Å². The smallest absolute Gasteiger partial charge is 0.229 e. The molecule has 4 rings (SSSR count). The molecule has 2 heterocycles. The molecule has 0 N–H and O–H groups in total. The number of fused-ring (bicyclic) bond motifs is 3. The molecule has 2 aromatic carbocycles. The molecule has 5 nitrogen and oxygen atoms in total. The summed E-state index contributed by atoms with van der Waals surface area (Å²) < 4.78 is 16.8. The van der Waals surface area contributed by atoms with Gasteiger partial charge in [-0.1, -0.05) is 30.3 Å². The fourth-order valence-corrected chi connectivity index (χ4v) is 3.56. The minimum atomic E-state index is -0.369. The van der Waals surface area contributed by atoms with Crippen LogP contribution in [-0.2, 0) is 16.0 Å². The zero-order valence-corrected chi connectivity index (χ0v) is 13.7. The van der Waals surface area contributed by atoms with E-state index in [0.717, 1.165) is 16.7 Å². The van der Waals surface area contributed by atoms with Gasteiger partial charge in [-0.25, -0.2) is 0 Å². The minimum Gasteiger partial charge on any atom is -0.493 e. The second-order valence-electron chi connectivity index (χ2n) is 6.00. The van der Waals surface area contributed by atoms with E-state index in [-0.39, 0.29) is 18.2 Å². The van der Waals surface area contributed by atoms with Crippen LogP contribution in [-0.4, -0.2) is 31.6 Å². The third-order valence-corrected chi connectivity index (χ3v) is 4.73. The van der Waals surface area contributed by atoms with Gasteiger partial charge >= 0.3 is 0 Å². The Labute approximate surface area is 140 Å². The number of amides is 1. The molecular formula is C19H19NO4. The van der Waals surface area contributed by atoms with E-state index in [4.69, 9.17) is 14.2 Å². The quantitative estimate of drug-likeness (QED) is 0.871. The number of nitrogens with zero attached hydrogens (tertiary/aromatic N) is 1. The molecule has 0 aliphatic carbocycles. The molecule has 5 heteroatoms. The Morgan fingerprint density at radius 3 is 2.50 bits per heavy atom. The highest BCUT2D eigenvalue weighted by molar-refractivity contribution is 5.83. The molecule has 0 aromatic heterocycles. The lowest BCUT2D eigenvalue weighted by atomic mass is 9.95. The van der Waals surface area contributed by atoms with Gasteiger partial charge in [0.1, 0.15) is 0 Å². The number of carbonyl (C=O) groups excluding carboxylic acids is 1. The first-order valence-corrected chi connectivity index (χ1v) is 7.95. The van der Waals surface area contributed by atoms with E-state index in [1.165, 1.54) is 0 Å². The van der Waals surface area contributed by atoms with Crippen LogP contribution < -0.4 is 9.47 Å². The van der Waals surface area contributed by atoms with Crippen molar-refractivity contribution in [1.82, 2.24) is 4.90 Å². The molecule has 2 aliphatic rings. The Bertz CT molecular complexity index is 774. The average Bonchev–Trinajstić information content (AvgIpc) is 3.07. The average molecular weight is 325 g/mol. The van der Waals surface area contributed by atoms with Crippen molar-refractivity contribution in [3.8, 4) is 11.5 Å². The van der Waals surface area contributed by atoms with Crippen molar-refractivity contribution < 1.29 is 19.0 Å². The number of carbonyl (C=O) groups is 1. The van der Waals surface area contributed by atoms with Crippen molar-refractivity contribution in [2.45, 2.75) is 18.7 Å². The van der Waals surface area contributed by atoms with Gasteiger partial charge in [0.05, 0.1) is 33.3 Å². The summed E-state index contributed by atoms with van der Waals surface area (Å²) in [7, 11) is 3.21. The Balaban J connectivity index is 1.76. The first-order chi connectivity index (χ1) is 11.7. The summed E-state index contributed by atoms with van der Waals surface area (Å²) in [5, 5.41) is 0. The number of methoxy groups -OCH3 is 2. The zero-order chi connectivity index (χ0) is 16.7. The van der Waals surface area contributed by atoms with Crippen molar-refractivity contribution >= 4 is 5.91 Å². The summed E-state index contributed by atoms with van der Waals surface area (Å²) >= 11 is 0. The third kappa shape index (κ3) is 2.24. The summed E-state index contributed by atoms with van der Waals surface area (Å²) in [6.45, 7) is 0.494. The van der Waals surface area contributed by atoms with Crippen molar-refractivity contribution in [3.63, 3.8) is 0 Å². The number of ether oxygens (including phenoxy) is 3. The highest BCUT2D eigenvalue weighted by Crippen LogP contribution is 2.45. The summed E-state index contributed by atoms with van der Waals surface area (Å²) in [5.41, 5.74) is 3.01. The van der Waals surface area contributed by atoms with Crippen LogP contribution in [0.3, 0.4) is 0 Å². The van der Waals surface area contributed by atoms with Gasteiger partial charge in [-0.2, -0.15) is 0 Å². The highest BCUT2D eigenvalue weighted by Gasteiger charge is 2.43. The van der Waals surface area contributed by atoms with Gasteiger partial charge in [-0.05, 0) is 23.3 Å². The molecule has 0 radical (unpaired) electrons. The minimum absolute atomic E-state index is 0.0510. The standard InChI is InChI=1S/C19H19NO4/c1-22-16-8-13-9-18(21)20-15(12-6-4-3-5-7-12)11-24-19(20)14(13)10-17(16)23-2/h3-8,10,15,19H,9,11H2,1-2H3/t15-,19+/m0/s1. The van der Waals surface area contributed by atoms with Gasteiger partial charge in [0.15, 0.2) is 17.7 Å². The van der Waals surface area contributed by atoms with Crippen LogP contribution in [0.1, 0.15) is 29.0 Å². The van der Waals surface area contributed by atoms with Crippen LogP contribution in [0.5, 0.6) is 11.5 Å². The maximum absolute atomic E-state index is 12.8. The highest BCUT2D eigenvalue weighted by atomic mass is 16.5. The van der Waals surface area contributed by atoms with Gasteiger partial charge < -0.3 is 19.1 Å². The van der Waals surface area contributed by atoms with Crippen molar-refractivity contribution in [2.75, 3.05) is 20.8 Å². The van der Waals surface area contributed by atoms with Crippen LogP contribution in [0.2, 0.25) is 0 Å². The maximum Gasteiger partial charge on any atom is 0.229 e. The summed E-state index contributed by atoms with van der Waals surface area (Å²) in [6, 6.07) is 13.8. The summed E-state index contributed by atoms with van der Waals surface area (Å²) in [4.78, 5) is 14.6. The Morgan fingerprint density at radius 2 is 1.79 bits per heavy atom.